The Morgan fingerprint density at radius 3 is 2.52 bits per heavy atom. The van der Waals surface area contributed by atoms with E-state index in [1.165, 1.54) is 19.3 Å². The van der Waals surface area contributed by atoms with Crippen molar-refractivity contribution in [1.82, 2.24) is 10.2 Å². The van der Waals surface area contributed by atoms with Gasteiger partial charge in [-0.1, -0.05) is 18.9 Å². The molecule has 1 saturated heterocycles. The van der Waals surface area contributed by atoms with Crippen LogP contribution >= 0.6 is 0 Å². The average Bonchev–Trinajstić information content (AvgIpc) is 2.54. The monoisotopic (exact) mass is 352 g/mol. The highest BCUT2D eigenvalue weighted by Gasteiger charge is 2.31. The van der Waals surface area contributed by atoms with Gasteiger partial charge in [-0.3, -0.25) is 0 Å². The second kappa shape index (κ2) is 9.58. The minimum atomic E-state index is -0.443. The molecule has 2 aliphatic rings. The molecule has 1 amide bonds. The van der Waals surface area contributed by atoms with Gasteiger partial charge in [0, 0.05) is 25.7 Å². The van der Waals surface area contributed by atoms with Gasteiger partial charge in [-0.05, 0) is 52.4 Å². The van der Waals surface area contributed by atoms with Crippen molar-refractivity contribution >= 4 is 6.09 Å². The summed E-state index contributed by atoms with van der Waals surface area (Å²) >= 11 is 0. The molecule has 0 aromatic heterocycles. The Labute approximate surface area is 153 Å². The fourth-order valence-electron chi connectivity index (χ4n) is 3.87. The third-order valence-corrected chi connectivity index (χ3v) is 5.09. The average molecular weight is 353 g/mol. The minimum absolute atomic E-state index is 0.235. The number of amides is 1. The third kappa shape index (κ3) is 7.37. The molecule has 2 rings (SSSR count). The van der Waals surface area contributed by atoms with Gasteiger partial charge in [0.15, 0.2) is 0 Å². The summed E-state index contributed by atoms with van der Waals surface area (Å²) in [4.78, 5) is 14.7. The normalized spacial score (nSPS) is 26.2. The quantitative estimate of drug-likeness (QED) is 0.740. The fraction of sp³-hybridized carbons (Fsp3) is 0.850. The first kappa shape index (κ1) is 20.2. The summed E-state index contributed by atoms with van der Waals surface area (Å²) in [5.74, 6) is 0.520. The Hall–Kier alpha value is -1.07. The number of likely N-dealkylation sites (tertiary alicyclic amines) is 1. The Bertz CT molecular complexity index is 425. The number of rotatable bonds is 6. The molecule has 1 saturated carbocycles. The van der Waals surface area contributed by atoms with Gasteiger partial charge in [0.2, 0.25) is 0 Å². The van der Waals surface area contributed by atoms with Crippen LogP contribution in [-0.4, -0.2) is 55.0 Å². The molecule has 144 valence electrons. The van der Waals surface area contributed by atoms with Crippen molar-refractivity contribution < 1.29 is 14.3 Å². The Morgan fingerprint density at radius 1 is 1.20 bits per heavy atom. The number of nitrogens with one attached hydrogen (secondary N) is 1. The van der Waals surface area contributed by atoms with Crippen LogP contribution in [0.5, 0.6) is 0 Å². The van der Waals surface area contributed by atoms with E-state index in [0.717, 1.165) is 38.9 Å². The Kier molecular flexibility index (Phi) is 7.76. The minimum Gasteiger partial charge on any atom is -0.444 e. The summed E-state index contributed by atoms with van der Waals surface area (Å²) in [6.45, 7) is 13.3. The van der Waals surface area contributed by atoms with Gasteiger partial charge in [0.25, 0.3) is 0 Å². The van der Waals surface area contributed by atoms with E-state index in [9.17, 15) is 4.79 Å². The fourth-order valence-corrected chi connectivity index (χ4v) is 3.87. The van der Waals surface area contributed by atoms with Crippen molar-refractivity contribution in [2.24, 2.45) is 5.92 Å². The highest BCUT2D eigenvalue weighted by atomic mass is 16.6. The summed E-state index contributed by atoms with van der Waals surface area (Å²) in [7, 11) is 0. The molecule has 0 unspecified atom stereocenters. The second-order valence-corrected chi connectivity index (χ2v) is 8.42. The molecule has 5 heteroatoms. The van der Waals surface area contributed by atoms with Gasteiger partial charge < -0.3 is 19.7 Å². The molecule has 0 aromatic carbocycles. The number of piperidine rings is 1. The molecule has 0 radical (unpaired) electrons. The molecule has 2 atom stereocenters. The first-order valence-corrected chi connectivity index (χ1v) is 9.82. The maximum Gasteiger partial charge on any atom is 0.407 e. The number of nitrogens with zero attached hydrogens (tertiary/aromatic N) is 1. The molecule has 5 nitrogen and oxygen atoms in total. The van der Waals surface area contributed by atoms with Crippen molar-refractivity contribution in [3.63, 3.8) is 0 Å². The van der Waals surface area contributed by atoms with Crippen LogP contribution in [0.15, 0.2) is 12.7 Å². The SMILES string of the molecule is C=CCOC1CCN(C[C@@H]2CCCC[C@H]2NC(=O)OC(C)(C)C)CC1. The molecular weight excluding hydrogens is 316 g/mol. The lowest BCUT2D eigenvalue weighted by atomic mass is 9.84. The summed E-state index contributed by atoms with van der Waals surface area (Å²) < 4.78 is 11.2. The first-order chi connectivity index (χ1) is 11.9. The van der Waals surface area contributed by atoms with Crippen LogP contribution in [0.3, 0.4) is 0 Å². The van der Waals surface area contributed by atoms with Crippen LogP contribution in [0, 0.1) is 5.92 Å². The molecule has 1 aliphatic carbocycles. The van der Waals surface area contributed by atoms with E-state index in [1.54, 1.807) is 0 Å². The zero-order chi connectivity index (χ0) is 18.3. The standard InChI is InChI=1S/C20H36N2O3/c1-5-14-24-17-10-12-22(13-11-17)15-16-8-6-7-9-18(16)21-19(23)25-20(2,3)4/h5,16-18H,1,6-15H2,2-4H3,(H,21,23)/t16-,18+/m0/s1. The topological polar surface area (TPSA) is 50.8 Å². The molecule has 25 heavy (non-hydrogen) atoms. The summed E-state index contributed by atoms with van der Waals surface area (Å²) in [6, 6.07) is 0.235. The van der Waals surface area contributed by atoms with Gasteiger partial charge >= 0.3 is 6.09 Å². The van der Waals surface area contributed by atoms with E-state index in [-0.39, 0.29) is 12.1 Å². The highest BCUT2D eigenvalue weighted by molar-refractivity contribution is 5.68. The molecule has 1 heterocycles. The molecule has 0 aromatic rings. The van der Waals surface area contributed by atoms with Crippen LogP contribution in [0.1, 0.15) is 59.3 Å². The van der Waals surface area contributed by atoms with E-state index in [0.29, 0.717) is 18.6 Å². The summed E-state index contributed by atoms with van der Waals surface area (Å²) in [6.07, 6.45) is 8.79. The van der Waals surface area contributed by atoms with E-state index in [4.69, 9.17) is 9.47 Å². The zero-order valence-corrected chi connectivity index (χ0v) is 16.3. The van der Waals surface area contributed by atoms with E-state index < -0.39 is 5.60 Å². The predicted octanol–water partition coefficient (Wildman–Crippen LogP) is 3.74. The number of ether oxygens (including phenoxy) is 2. The van der Waals surface area contributed by atoms with Crippen LogP contribution in [0.25, 0.3) is 0 Å². The van der Waals surface area contributed by atoms with E-state index in [1.807, 2.05) is 26.8 Å². The van der Waals surface area contributed by atoms with Gasteiger partial charge in [0.1, 0.15) is 5.60 Å². The lowest BCUT2D eigenvalue weighted by molar-refractivity contribution is 0.0142. The zero-order valence-electron chi connectivity index (χ0n) is 16.3. The molecule has 0 spiro atoms. The maximum absolute atomic E-state index is 12.1. The first-order valence-electron chi connectivity index (χ1n) is 9.82. The molecular formula is C20H36N2O3. The van der Waals surface area contributed by atoms with Crippen molar-refractivity contribution in [2.75, 3.05) is 26.2 Å². The number of hydrogen-bond acceptors (Lipinski definition) is 4. The largest absolute Gasteiger partial charge is 0.444 e. The third-order valence-electron chi connectivity index (χ3n) is 5.09. The Balaban J connectivity index is 1.79. The molecule has 1 N–H and O–H groups in total. The summed E-state index contributed by atoms with van der Waals surface area (Å²) in [5.41, 5.74) is -0.443. The van der Waals surface area contributed by atoms with Gasteiger partial charge in [-0.2, -0.15) is 0 Å². The van der Waals surface area contributed by atoms with Gasteiger partial charge in [-0.25, -0.2) is 4.79 Å². The summed E-state index contributed by atoms with van der Waals surface area (Å²) in [5, 5.41) is 3.13. The molecule has 0 bridgehead atoms. The lowest BCUT2D eigenvalue weighted by Gasteiger charge is -2.38. The highest BCUT2D eigenvalue weighted by Crippen LogP contribution is 2.27. The maximum atomic E-state index is 12.1. The number of carbonyl (C=O) groups excluding carboxylic acids is 1. The molecule has 1 aliphatic heterocycles. The van der Waals surface area contributed by atoms with Crippen molar-refractivity contribution in [1.29, 1.82) is 0 Å². The number of alkyl carbamates (subject to hydrolysis) is 1. The van der Waals surface area contributed by atoms with Crippen LogP contribution in [0.2, 0.25) is 0 Å². The van der Waals surface area contributed by atoms with Crippen molar-refractivity contribution in [3.8, 4) is 0 Å². The van der Waals surface area contributed by atoms with Crippen LogP contribution < -0.4 is 5.32 Å². The van der Waals surface area contributed by atoms with Crippen molar-refractivity contribution in [2.45, 2.75) is 77.0 Å². The van der Waals surface area contributed by atoms with Gasteiger partial charge in [0.05, 0.1) is 12.7 Å². The number of carbonyl (C=O) groups is 1. The smallest absolute Gasteiger partial charge is 0.407 e. The van der Waals surface area contributed by atoms with E-state index in [2.05, 4.69) is 16.8 Å². The van der Waals surface area contributed by atoms with E-state index >= 15 is 0 Å². The Morgan fingerprint density at radius 2 is 1.88 bits per heavy atom. The van der Waals surface area contributed by atoms with Crippen molar-refractivity contribution in [3.05, 3.63) is 12.7 Å². The van der Waals surface area contributed by atoms with Gasteiger partial charge in [-0.15, -0.1) is 6.58 Å². The van der Waals surface area contributed by atoms with Crippen LogP contribution in [0.4, 0.5) is 4.79 Å². The number of hydrogen-bond donors (Lipinski definition) is 1. The lowest BCUT2D eigenvalue weighted by Crippen LogP contribution is -2.49. The molecule has 2 fully saturated rings. The van der Waals surface area contributed by atoms with Crippen LogP contribution in [-0.2, 0) is 9.47 Å². The predicted molar refractivity (Wildman–Crippen MR) is 101 cm³/mol. The second-order valence-electron chi connectivity index (χ2n) is 8.42.